The van der Waals surface area contributed by atoms with Crippen LogP contribution in [0.4, 0.5) is 10.8 Å². The molecule has 2 amide bonds. The van der Waals surface area contributed by atoms with Gasteiger partial charge in [-0.25, -0.2) is 13.4 Å². The molecule has 1 aliphatic rings. The molecule has 2 aromatic rings. The second kappa shape index (κ2) is 8.96. The molecule has 31 heavy (non-hydrogen) atoms. The standard InChI is InChI=1S/C21H28N4O4S2/c1-21(2,3)19(27)25-11-5-6-15(12-25)18(26)23-20-22-17(13-30-20)14-7-9-16(10-8-14)24-31(4,28)29/h7-10,13,15,24H,5-6,11-12H2,1-4H3,(H,22,23,26). The molecule has 1 aliphatic heterocycles. The van der Waals surface area contributed by atoms with Crippen molar-refractivity contribution in [3.05, 3.63) is 29.6 Å². The van der Waals surface area contributed by atoms with Crippen LogP contribution in [-0.2, 0) is 19.6 Å². The van der Waals surface area contributed by atoms with E-state index in [1.54, 1.807) is 29.2 Å². The number of carbonyl (C=O) groups is 2. The summed E-state index contributed by atoms with van der Waals surface area (Å²) in [7, 11) is -3.33. The van der Waals surface area contributed by atoms with Gasteiger partial charge in [-0.3, -0.25) is 14.3 Å². The highest BCUT2D eigenvalue weighted by molar-refractivity contribution is 7.92. The highest BCUT2D eigenvalue weighted by atomic mass is 32.2. The normalized spacial score (nSPS) is 17.3. The average molecular weight is 465 g/mol. The van der Waals surface area contributed by atoms with Crippen LogP contribution in [0.15, 0.2) is 29.6 Å². The van der Waals surface area contributed by atoms with Crippen LogP contribution in [0.1, 0.15) is 33.6 Å². The number of aromatic nitrogens is 1. The number of rotatable bonds is 5. The maximum Gasteiger partial charge on any atom is 0.231 e. The van der Waals surface area contributed by atoms with Crippen LogP contribution >= 0.6 is 11.3 Å². The maximum atomic E-state index is 12.8. The third-order valence-electron chi connectivity index (χ3n) is 4.94. The van der Waals surface area contributed by atoms with E-state index in [0.29, 0.717) is 29.6 Å². The number of likely N-dealkylation sites (tertiary alicyclic amines) is 1. The number of benzene rings is 1. The molecule has 1 atom stereocenters. The molecular weight excluding hydrogens is 436 g/mol. The number of nitrogens with zero attached hydrogens (tertiary/aromatic N) is 2. The molecule has 1 aromatic carbocycles. The smallest absolute Gasteiger partial charge is 0.231 e. The molecule has 1 aromatic heterocycles. The molecule has 168 valence electrons. The molecule has 1 fully saturated rings. The lowest BCUT2D eigenvalue weighted by atomic mass is 9.91. The Morgan fingerprint density at radius 2 is 1.87 bits per heavy atom. The van der Waals surface area contributed by atoms with Crippen LogP contribution in [0.3, 0.4) is 0 Å². The van der Waals surface area contributed by atoms with Crippen molar-refractivity contribution in [3.8, 4) is 11.3 Å². The Morgan fingerprint density at radius 3 is 2.48 bits per heavy atom. The first-order chi connectivity index (χ1) is 14.4. The van der Waals surface area contributed by atoms with Crippen LogP contribution < -0.4 is 10.0 Å². The fraction of sp³-hybridized carbons (Fsp3) is 0.476. The van der Waals surface area contributed by atoms with Crippen molar-refractivity contribution in [2.45, 2.75) is 33.6 Å². The van der Waals surface area contributed by atoms with E-state index >= 15 is 0 Å². The quantitative estimate of drug-likeness (QED) is 0.705. The summed E-state index contributed by atoms with van der Waals surface area (Å²) in [5.74, 6) is -0.316. The lowest BCUT2D eigenvalue weighted by Crippen LogP contribution is -2.47. The molecule has 0 saturated carbocycles. The van der Waals surface area contributed by atoms with Crippen LogP contribution in [-0.4, -0.2) is 49.5 Å². The number of thiazole rings is 1. The van der Waals surface area contributed by atoms with Crippen LogP contribution in [0.2, 0.25) is 0 Å². The molecule has 0 aliphatic carbocycles. The van der Waals surface area contributed by atoms with E-state index in [4.69, 9.17) is 0 Å². The predicted octanol–water partition coefficient (Wildman–Crippen LogP) is 3.40. The van der Waals surface area contributed by atoms with Crippen molar-refractivity contribution < 1.29 is 18.0 Å². The van der Waals surface area contributed by atoms with E-state index in [-0.39, 0.29) is 17.7 Å². The summed E-state index contributed by atoms with van der Waals surface area (Å²) in [6.45, 7) is 6.78. The SMILES string of the molecule is CC(C)(C)C(=O)N1CCCC(C(=O)Nc2nc(-c3ccc(NS(C)(=O)=O)cc3)cs2)C1. The van der Waals surface area contributed by atoms with Gasteiger partial charge in [0.2, 0.25) is 21.8 Å². The van der Waals surface area contributed by atoms with E-state index in [1.807, 2.05) is 26.2 Å². The van der Waals surface area contributed by atoms with E-state index in [9.17, 15) is 18.0 Å². The molecule has 0 bridgehead atoms. The van der Waals surface area contributed by atoms with Crippen LogP contribution in [0.5, 0.6) is 0 Å². The Kier molecular flexibility index (Phi) is 6.70. The van der Waals surface area contributed by atoms with Gasteiger partial charge in [0, 0.05) is 35.1 Å². The number of piperidine rings is 1. The first-order valence-electron chi connectivity index (χ1n) is 10.1. The van der Waals surface area contributed by atoms with Gasteiger partial charge < -0.3 is 10.2 Å². The van der Waals surface area contributed by atoms with Crippen molar-refractivity contribution in [1.82, 2.24) is 9.88 Å². The van der Waals surface area contributed by atoms with Gasteiger partial charge in [0.25, 0.3) is 0 Å². The fourth-order valence-corrected chi connectivity index (χ4v) is 4.73. The summed E-state index contributed by atoms with van der Waals surface area (Å²) >= 11 is 1.33. The first kappa shape index (κ1) is 23.2. The zero-order chi connectivity index (χ0) is 22.8. The fourth-order valence-electron chi connectivity index (χ4n) is 3.44. The van der Waals surface area contributed by atoms with Gasteiger partial charge in [-0.05, 0) is 25.0 Å². The molecule has 1 saturated heterocycles. The molecule has 0 spiro atoms. The highest BCUT2D eigenvalue weighted by Gasteiger charge is 2.33. The second-order valence-corrected chi connectivity index (χ2v) is 11.4. The van der Waals surface area contributed by atoms with E-state index in [1.165, 1.54) is 11.3 Å². The predicted molar refractivity (Wildman–Crippen MR) is 123 cm³/mol. The average Bonchev–Trinajstić information content (AvgIpc) is 3.14. The van der Waals surface area contributed by atoms with Crippen molar-refractivity contribution in [2.75, 3.05) is 29.4 Å². The summed E-state index contributed by atoms with van der Waals surface area (Å²) in [6.07, 6.45) is 2.64. The van der Waals surface area contributed by atoms with Crippen molar-refractivity contribution >= 4 is 44.0 Å². The number of nitrogens with one attached hydrogen (secondary N) is 2. The summed E-state index contributed by atoms with van der Waals surface area (Å²) in [5.41, 5.74) is 1.52. The minimum absolute atomic E-state index is 0.0651. The highest BCUT2D eigenvalue weighted by Crippen LogP contribution is 2.28. The Labute approximate surface area is 187 Å². The third-order valence-corrected chi connectivity index (χ3v) is 6.30. The van der Waals surface area contributed by atoms with E-state index in [2.05, 4.69) is 15.0 Å². The number of hydrogen-bond donors (Lipinski definition) is 2. The minimum atomic E-state index is -3.33. The molecule has 2 heterocycles. The zero-order valence-electron chi connectivity index (χ0n) is 18.1. The van der Waals surface area contributed by atoms with Crippen molar-refractivity contribution in [1.29, 1.82) is 0 Å². The Balaban J connectivity index is 1.63. The Hall–Kier alpha value is -2.46. The largest absolute Gasteiger partial charge is 0.341 e. The van der Waals surface area contributed by atoms with Gasteiger partial charge in [0.15, 0.2) is 5.13 Å². The van der Waals surface area contributed by atoms with Gasteiger partial charge in [0.1, 0.15) is 0 Å². The van der Waals surface area contributed by atoms with Crippen LogP contribution in [0.25, 0.3) is 11.3 Å². The summed E-state index contributed by atoms with van der Waals surface area (Å²) in [5, 5.41) is 5.22. The lowest BCUT2D eigenvalue weighted by molar-refractivity contribution is -0.142. The number of hydrogen-bond acceptors (Lipinski definition) is 6. The van der Waals surface area contributed by atoms with Gasteiger partial charge in [0.05, 0.1) is 17.9 Å². The summed E-state index contributed by atoms with van der Waals surface area (Å²) in [4.78, 5) is 31.6. The minimum Gasteiger partial charge on any atom is -0.341 e. The number of sulfonamides is 1. The molecule has 2 N–H and O–H groups in total. The molecular formula is C21H28N4O4S2. The van der Waals surface area contributed by atoms with Crippen molar-refractivity contribution in [2.24, 2.45) is 11.3 Å². The van der Waals surface area contributed by atoms with Gasteiger partial charge >= 0.3 is 0 Å². The molecule has 10 heteroatoms. The number of anilines is 2. The number of carbonyl (C=O) groups excluding carboxylic acids is 2. The maximum absolute atomic E-state index is 12.8. The van der Waals surface area contributed by atoms with Gasteiger partial charge in [-0.2, -0.15) is 0 Å². The van der Waals surface area contributed by atoms with Gasteiger partial charge in [-0.1, -0.05) is 32.9 Å². The Morgan fingerprint density at radius 1 is 1.19 bits per heavy atom. The summed E-state index contributed by atoms with van der Waals surface area (Å²) < 4.78 is 25.0. The lowest BCUT2D eigenvalue weighted by Gasteiger charge is -2.35. The van der Waals surface area contributed by atoms with Crippen LogP contribution in [0, 0.1) is 11.3 Å². The monoisotopic (exact) mass is 464 g/mol. The first-order valence-corrected chi connectivity index (χ1v) is 12.8. The molecule has 3 rings (SSSR count). The Bertz CT molecular complexity index is 1060. The third kappa shape index (κ3) is 6.27. The zero-order valence-corrected chi connectivity index (χ0v) is 19.8. The molecule has 8 nitrogen and oxygen atoms in total. The topological polar surface area (TPSA) is 108 Å². The number of amides is 2. The van der Waals surface area contributed by atoms with Crippen molar-refractivity contribution in [3.63, 3.8) is 0 Å². The molecule has 1 unspecified atom stereocenters. The van der Waals surface area contributed by atoms with Gasteiger partial charge in [-0.15, -0.1) is 11.3 Å². The van der Waals surface area contributed by atoms with E-state index in [0.717, 1.165) is 24.7 Å². The molecule has 0 radical (unpaired) electrons. The van der Waals surface area contributed by atoms with E-state index < -0.39 is 15.4 Å². The summed E-state index contributed by atoms with van der Waals surface area (Å²) in [6, 6.07) is 6.87. The second-order valence-electron chi connectivity index (χ2n) is 8.82.